The van der Waals surface area contributed by atoms with Gasteiger partial charge in [-0.05, 0) is 62.1 Å². The number of aryl methyl sites for hydroxylation is 1. The lowest BCUT2D eigenvalue weighted by molar-refractivity contribution is 0.0595. The molecular weight excluding hydrogens is 457 g/mol. The van der Waals surface area contributed by atoms with Gasteiger partial charge in [0.25, 0.3) is 5.56 Å². The van der Waals surface area contributed by atoms with Crippen molar-refractivity contribution in [2.75, 3.05) is 38.2 Å². The third-order valence-electron chi connectivity index (χ3n) is 5.72. The molecule has 2 aromatic heterocycles. The van der Waals surface area contributed by atoms with Crippen molar-refractivity contribution >= 4 is 40.8 Å². The molecule has 2 fully saturated rings. The Bertz CT molecular complexity index is 959. The number of anilines is 1. The van der Waals surface area contributed by atoms with E-state index in [-0.39, 0.29) is 16.6 Å². The summed E-state index contributed by atoms with van der Waals surface area (Å²) in [6.07, 6.45) is 7.27. The quantitative estimate of drug-likeness (QED) is 0.480. The molecule has 1 unspecified atom stereocenters. The van der Waals surface area contributed by atoms with E-state index in [0.717, 1.165) is 69.0 Å². The van der Waals surface area contributed by atoms with Gasteiger partial charge in [0, 0.05) is 32.4 Å². The van der Waals surface area contributed by atoms with Crippen LogP contribution in [-0.4, -0.2) is 51.9 Å². The molecule has 1 atom stereocenters. The van der Waals surface area contributed by atoms with Gasteiger partial charge in [0.15, 0.2) is 0 Å². The Labute approximate surface area is 196 Å². The Morgan fingerprint density at radius 3 is 2.81 bits per heavy atom. The van der Waals surface area contributed by atoms with Crippen molar-refractivity contribution in [3.63, 3.8) is 0 Å². The molecule has 7 nitrogen and oxygen atoms in total. The second kappa shape index (κ2) is 10.5. The van der Waals surface area contributed by atoms with E-state index in [0.29, 0.717) is 16.8 Å². The van der Waals surface area contributed by atoms with Gasteiger partial charge >= 0.3 is 0 Å². The van der Waals surface area contributed by atoms with E-state index in [9.17, 15) is 4.79 Å². The number of rotatable bonds is 6. The van der Waals surface area contributed by atoms with Gasteiger partial charge in [-0.25, -0.2) is 14.0 Å². The summed E-state index contributed by atoms with van der Waals surface area (Å²) in [5.41, 5.74) is 1.45. The first-order valence-corrected chi connectivity index (χ1v) is 12.2. The minimum atomic E-state index is -0.233. The van der Waals surface area contributed by atoms with E-state index >= 15 is 0 Å². The van der Waals surface area contributed by atoms with Crippen LogP contribution >= 0.6 is 35.1 Å². The van der Waals surface area contributed by atoms with E-state index in [1.807, 2.05) is 13.0 Å². The van der Waals surface area contributed by atoms with Crippen molar-refractivity contribution in [3.05, 3.63) is 44.6 Å². The van der Waals surface area contributed by atoms with Gasteiger partial charge in [0.2, 0.25) is 0 Å². The molecule has 0 aromatic carbocycles. The summed E-state index contributed by atoms with van der Waals surface area (Å²) in [6, 6.07) is 2.08. The van der Waals surface area contributed by atoms with E-state index in [4.69, 9.17) is 27.9 Å². The summed E-state index contributed by atoms with van der Waals surface area (Å²) >= 11 is 14.2. The van der Waals surface area contributed by atoms with Crippen LogP contribution in [0.1, 0.15) is 37.3 Å². The molecule has 2 aromatic rings. The van der Waals surface area contributed by atoms with Crippen LogP contribution in [0.4, 0.5) is 5.69 Å². The summed E-state index contributed by atoms with van der Waals surface area (Å²) < 4.78 is 9.31. The zero-order valence-electron chi connectivity index (χ0n) is 17.5. The highest BCUT2D eigenvalue weighted by Gasteiger charge is 2.25. The summed E-state index contributed by atoms with van der Waals surface area (Å²) in [7, 11) is 0. The number of aromatic nitrogens is 3. The smallest absolute Gasteiger partial charge is 0.287 e. The molecule has 10 heteroatoms. The molecule has 0 bridgehead atoms. The van der Waals surface area contributed by atoms with Crippen LogP contribution in [-0.2, 0) is 4.74 Å². The Morgan fingerprint density at radius 1 is 1.26 bits per heavy atom. The predicted octanol–water partition coefficient (Wildman–Crippen LogP) is 4.44. The molecule has 31 heavy (non-hydrogen) atoms. The van der Waals surface area contributed by atoms with Gasteiger partial charge in [-0.2, -0.15) is 5.10 Å². The van der Waals surface area contributed by atoms with Gasteiger partial charge in [-0.3, -0.25) is 4.79 Å². The summed E-state index contributed by atoms with van der Waals surface area (Å²) in [5.74, 6) is 0.436. The topological polar surface area (TPSA) is 72.3 Å². The Balaban J connectivity index is 1.35. The molecule has 1 N–H and O–H groups in total. The Hall–Kier alpha value is -1.32. The fourth-order valence-electron chi connectivity index (χ4n) is 3.96. The molecule has 168 valence electrons. The fourth-order valence-corrected chi connectivity index (χ4v) is 5.40. The average molecular weight is 484 g/mol. The first-order valence-electron chi connectivity index (χ1n) is 10.6. The molecule has 0 amide bonds. The maximum absolute atomic E-state index is 12.9. The molecule has 0 aliphatic carbocycles. The van der Waals surface area contributed by atoms with Crippen molar-refractivity contribution in [2.45, 2.75) is 43.5 Å². The van der Waals surface area contributed by atoms with E-state index < -0.39 is 0 Å². The second-order valence-corrected chi connectivity index (χ2v) is 10.0. The van der Waals surface area contributed by atoms with Crippen molar-refractivity contribution in [2.24, 2.45) is 5.92 Å². The largest absolute Gasteiger partial charge is 0.382 e. The van der Waals surface area contributed by atoms with Crippen LogP contribution in [0.2, 0.25) is 10.2 Å². The van der Waals surface area contributed by atoms with Gasteiger partial charge < -0.3 is 10.1 Å². The predicted molar refractivity (Wildman–Crippen MR) is 125 cm³/mol. The van der Waals surface area contributed by atoms with E-state index in [2.05, 4.69) is 19.7 Å². The second-order valence-electron chi connectivity index (χ2n) is 8.14. The molecular formula is C21H27Cl2N5O2S. The summed E-state index contributed by atoms with van der Waals surface area (Å²) in [4.78, 5) is 18.0. The molecule has 4 heterocycles. The van der Waals surface area contributed by atoms with Crippen LogP contribution in [0, 0.1) is 12.8 Å². The van der Waals surface area contributed by atoms with Crippen molar-refractivity contribution in [1.29, 1.82) is 0 Å². The first-order chi connectivity index (χ1) is 15.0. The third-order valence-corrected chi connectivity index (χ3v) is 7.63. The monoisotopic (exact) mass is 483 g/mol. The SMILES string of the molecule is Cc1cnc(Cl)c(SN2CCC(n3ncc(NCC4CCCOC4)c(Cl)c3=O)CC2)c1. The highest BCUT2D eigenvalue weighted by Crippen LogP contribution is 2.33. The number of ether oxygens (including phenoxy) is 1. The van der Waals surface area contributed by atoms with Gasteiger partial charge in [0.05, 0.1) is 29.4 Å². The highest BCUT2D eigenvalue weighted by atomic mass is 35.5. The zero-order chi connectivity index (χ0) is 21.8. The van der Waals surface area contributed by atoms with Crippen LogP contribution in [0.3, 0.4) is 0 Å². The maximum atomic E-state index is 12.9. The van der Waals surface area contributed by atoms with Crippen LogP contribution in [0.15, 0.2) is 28.2 Å². The van der Waals surface area contributed by atoms with Crippen molar-refractivity contribution < 1.29 is 4.74 Å². The molecule has 0 radical (unpaired) electrons. The van der Waals surface area contributed by atoms with Gasteiger partial charge in [-0.1, -0.05) is 23.2 Å². The number of nitrogens with one attached hydrogen (secondary N) is 1. The van der Waals surface area contributed by atoms with Crippen LogP contribution in [0.5, 0.6) is 0 Å². The van der Waals surface area contributed by atoms with Crippen molar-refractivity contribution in [1.82, 2.24) is 19.1 Å². The number of piperidine rings is 1. The Kier molecular flexibility index (Phi) is 7.77. The standard InChI is InChI=1S/C21H27Cl2N5O2S/c1-14-9-18(20(23)25-10-14)31-27-6-4-16(5-7-27)28-21(29)19(22)17(12-26-28)24-11-15-3-2-8-30-13-15/h9-10,12,15-16,24H,2-8,11,13H2,1H3. The van der Waals surface area contributed by atoms with Crippen LogP contribution < -0.4 is 10.9 Å². The first kappa shape index (κ1) is 22.9. The maximum Gasteiger partial charge on any atom is 0.287 e. The molecule has 0 spiro atoms. The zero-order valence-corrected chi connectivity index (χ0v) is 19.8. The van der Waals surface area contributed by atoms with Crippen LogP contribution in [0.25, 0.3) is 0 Å². The average Bonchev–Trinajstić information content (AvgIpc) is 2.79. The molecule has 4 rings (SSSR count). The normalized spacial score (nSPS) is 20.7. The number of hydrogen-bond acceptors (Lipinski definition) is 7. The summed E-state index contributed by atoms with van der Waals surface area (Å²) in [6.45, 7) is 5.97. The molecule has 2 aliphatic rings. The lowest BCUT2D eigenvalue weighted by Crippen LogP contribution is -2.36. The summed E-state index contributed by atoms with van der Waals surface area (Å²) in [5, 5.41) is 8.44. The highest BCUT2D eigenvalue weighted by molar-refractivity contribution is 7.97. The number of nitrogens with zero attached hydrogens (tertiary/aromatic N) is 4. The molecule has 2 saturated heterocycles. The number of hydrogen-bond donors (Lipinski definition) is 1. The van der Waals surface area contributed by atoms with Gasteiger partial charge in [0.1, 0.15) is 10.2 Å². The number of halogens is 2. The minimum Gasteiger partial charge on any atom is -0.382 e. The lowest BCUT2D eigenvalue weighted by Gasteiger charge is -2.31. The Morgan fingerprint density at radius 2 is 2.06 bits per heavy atom. The lowest BCUT2D eigenvalue weighted by atomic mass is 10.0. The van der Waals surface area contributed by atoms with Crippen molar-refractivity contribution in [3.8, 4) is 0 Å². The van der Waals surface area contributed by atoms with Gasteiger partial charge in [-0.15, -0.1) is 0 Å². The molecule has 2 aliphatic heterocycles. The number of pyridine rings is 1. The van der Waals surface area contributed by atoms with E-state index in [1.165, 1.54) is 0 Å². The molecule has 0 saturated carbocycles. The van der Waals surface area contributed by atoms with E-state index in [1.54, 1.807) is 29.0 Å². The minimum absolute atomic E-state index is 0.0359. The fraction of sp³-hybridized carbons (Fsp3) is 0.571. The third kappa shape index (κ3) is 5.73.